The molecule has 1 aromatic heterocycles. The predicted octanol–water partition coefficient (Wildman–Crippen LogP) is 4.37. The lowest BCUT2D eigenvalue weighted by Crippen LogP contribution is -2.06. The van der Waals surface area contributed by atoms with Gasteiger partial charge in [0.1, 0.15) is 5.76 Å². The molecule has 0 radical (unpaired) electrons. The van der Waals surface area contributed by atoms with Crippen molar-refractivity contribution in [2.75, 3.05) is 6.61 Å². The van der Waals surface area contributed by atoms with E-state index in [1.54, 1.807) is 6.92 Å². The molecule has 0 saturated heterocycles. The second kappa shape index (κ2) is 7.16. The minimum absolute atomic E-state index is 0.0250. The minimum atomic E-state index is -4.52. The number of benzene rings is 1. The molecule has 0 fully saturated rings. The maximum Gasteiger partial charge on any atom is 0.416 e. The van der Waals surface area contributed by atoms with Gasteiger partial charge in [0, 0.05) is 5.56 Å². The molecular formula is C17H13F3O4. The third kappa shape index (κ3) is 4.34. The molecule has 0 aliphatic heterocycles. The smallest absolute Gasteiger partial charge is 0.416 e. The summed E-state index contributed by atoms with van der Waals surface area (Å²) in [7, 11) is 0. The zero-order valence-electron chi connectivity index (χ0n) is 12.6. The van der Waals surface area contributed by atoms with Gasteiger partial charge < -0.3 is 9.15 Å². The summed E-state index contributed by atoms with van der Waals surface area (Å²) in [5.41, 5.74) is -0.998. The molecular weight excluding hydrogens is 325 g/mol. The first kappa shape index (κ1) is 17.5. The molecule has 1 aromatic carbocycles. The number of carbonyl (C=O) groups is 2. The number of rotatable bonds is 5. The number of ketones is 1. The Morgan fingerprint density at radius 3 is 2.62 bits per heavy atom. The first-order chi connectivity index (χ1) is 11.3. The first-order valence-electron chi connectivity index (χ1n) is 6.98. The van der Waals surface area contributed by atoms with E-state index in [1.807, 2.05) is 0 Å². The van der Waals surface area contributed by atoms with E-state index in [1.165, 1.54) is 24.3 Å². The third-order valence-corrected chi connectivity index (χ3v) is 2.98. The molecule has 0 unspecified atom stereocenters. The number of hydrogen-bond donors (Lipinski definition) is 0. The maximum atomic E-state index is 12.6. The van der Waals surface area contributed by atoms with Crippen LogP contribution in [-0.2, 0) is 10.9 Å². The van der Waals surface area contributed by atoms with Crippen molar-refractivity contribution in [3.63, 3.8) is 0 Å². The topological polar surface area (TPSA) is 56.5 Å². The van der Waals surface area contributed by atoms with Gasteiger partial charge in [-0.25, -0.2) is 4.79 Å². The molecule has 2 aromatic rings. The van der Waals surface area contributed by atoms with Crippen LogP contribution in [0.5, 0.6) is 0 Å². The SMILES string of the molecule is CCOC(=O)c1ccc(C=CC(=O)c2cccc(C(F)(F)F)c2)o1. The highest BCUT2D eigenvalue weighted by Crippen LogP contribution is 2.29. The van der Waals surface area contributed by atoms with Crippen LogP contribution in [0, 0.1) is 0 Å². The lowest BCUT2D eigenvalue weighted by molar-refractivity contribution is -0.137. The molecule has 0 amide bonds. The zero-order chi connectivity index (χ0) is 17.7. The van der Waals surface area contributed by atoms with Crippen LogP contribution in [-0.4, -0.2) is 18.4 Å². The molecule has 0 N–H and O–H groups in total. The van der Waals surface area contributed by atoms with Crippen molar-refractivity contribution in [2.24, 2.45) is 0 Å². The standard InChI is InChI=1S/C17H13F3O4/c1-2-23-16(22)15-9-7-13(24-15)6-8-14(21)11-4-3-5-12(10-11)17(18,19)20/h3-10H,2H2,1H3. The van der Waals surface area contributed by atoms with Gasteiger partial charge in [0.05, 0.1) is 12.2 Å². The van der Waals surface area contributed by atoms with Gasteiger partial charge in [-0.2, -0.15) is 13.2 Å². The normalized spacial score (nSPS) is 11.7. The second-order valence-electron chi connectivity index (χ2n) is 4.70. The average molecular weight is 338 g/mol. The summed E-state index contributed by atoms with van der Waals surface area (Å²) in [6.07, 6.45) is -2.18. The third-order valence-electron chi connectivity index (χ3n) is 2.98. The molecule has 0 atom stereocenters. The van der Waals surface area contributed by atoms with E-state index in [2.05, 4.69) is 0 Å². The van der Waals surface area contributed by atoms with Crippen molar-refractivity contribution in [3.8, 4) is 0 Å². The summed E-state index contributed by atoms with van der Waals surface area (Å²) in [5.74, 6) is -1.07. The van der Waals surface area contributed by atoms with Gasteiger partial charge in [0.2, 0.25) is 5.76 Å². The second-order valence-corrected chi connectivity index (χ2v) is 4.70. The average Bonchev–Trinajstić information content (AvgIpc) is 3.01. The fourth-order valence-electron chi connectivity index (χ4n) is 1.86. The molecule has 7 heteroatoms. The number of hydrogen-bond acceptors (Lipinski definition) is 4. The fourth-order valence-corrected chi connectivity index (χ4v) is 1.86. The quantitative estimate of drug-likeness (QED) is 0.461. The number of alkyl halides is 3. The molecule has 0 aliphatic carbocycles. The number of halogens is 3. The fraction of sp³-hybridized carbons (Fsp3) is 0.176. The van der Waals surface area contributed by atoms with Gasteiger partial charge in [0.15, 0.2) is 5.78 Å². The van der Waals surface area contributed by atoms with Crippen molar-refractivity contribution in [1.82, 2.24) is 0 Å². The summed E-state index contributed by atoms with van der Waals surface area (Å²) < 4.78 is 47.8. The first-order valence-corrected chi connectivity index (χ1v) is 6.98. The van der Waals surface area contributed by atoms with E-state index in [0.29, 0.717) is 0 Å². The van der Waals surface area contributed by atoms with Crippen LogP contribution < -0.4 is 0 Å². The Morgan fingerprint density at radius 1 is 1.21 bits per heavy atom. The van der Waals surface area contributed by atoms with Gasteiger partial charge in [-0.15, -0.1) is 0 Å². The molecule has 0 aliphatic rings. The van der Waals surface area contributed by atoms with Gasteiger partial charge in [-0.1, -0.05) is 12.1 Å². The molecule has 2 rings (SSSR count). The Kier molecular flexibility index (Phi) is 5.23. The van der Waals surface area contributed by atoms with E-state index in [9.17, 15) is 22.8 Å². The lowest BCUT2D eigenvalue weighted by atomic mass is 10.1. The van der Waals surface area contributed by atoms with Crippen LogP contribution in [0.3, 0.4) is 0 Å². The predicted molar refractivity (Wildman–Crippen MR) is 79.5 cm³/mol. The van der Waals surface area contributed by atoms with E-state index < -0.39 is 23.5 Å². The Morgan fingerprint density at radius 2 is 1.96 bits per heavy atom. The summed E-state index contributed by atoms with van der Waals surface area (Å²) >= 11 is 0. The van der Waals surface area contributed by atoms with Crippen molar-refractivity contribution in [2.45, 2.75) is 13.1 Å². The largest absolute Gasteiger partial charge is 0.460 e. The highest BCUT2D eigenvalue weighted by molar-refractivity contribution is 6.06. The summed E-state index contributed by atoms with van der Waals surface area (Å²) in [6.45, 7) is 1.84. The monoisotopic (exact) mass is 338 g/mol. The molecule has 0 spiro atoms. The van der Waals surface area contributed by atoms with Gasteiger partial charge in [0.25, 0.3) is 0 Å². The Balaban J connectivity index is 2.12. The molecule has 4 nitrogen and oxygen atoms in total. The minimum Gasteiger partial charge on any atom is -0.460 e. The van der Waals surface area contributed by atoms with Crippen molar-refractivity contribution in [1.29, 1.82) is 0 Å². The van der Waals surface area contributed by atoms with Crippen LogP contribution in [0.15, 0.2) is 46.9 Å². The van der Waals surface area contributed by atoms with Gasteiger partial charge >= 0.3 is 12.1 Å². The van der Waals surface area contributed by atoms with E-state index >= 15 is 0 Å². The number of ether oxygens (including phenoxy) is 1. The Bertz CT molecular complexity index is 772. The Hall–Kier alpha value is -2.83. The molecule has 126 valence electrons. The molecule has 24 heavy (non-hydrogen) atoms. The molecule has 0 bridgehead atoms. The number of carbonyl (C=O) groups excluding carboxylic acids is 2. The van der Waals surface area contributed by atoms with E-state index in [-0.39, 0.29) is 23.7 Å². The van der Waals surface area contributed by atoms with Crippen LogP contribution in [0.4, 0.5) is 13.2 Å². The highest BCUT2D eigenvalue weighted by Gasteiger charge is 2.30. The van der Waals surface area contributed by atoms with Gasteiger partial charge in [-0.05, 0) is 43.3 Å². The van der Waals surface area contributed by atoms with Crippen LogP contribution in [0.1, 0.15) is 39.2 Å². The highest BCUT2D eigenvalue weighted by atomic mass is 19.4. The van der Waals surface area contributed by atoms with Crippen molar-refractivity contribution in [3.05, 3.63) is 65.1 Å². The van der Waals surface area contributed by atoms with Crippen molar-refractivity contribution < 1.29 is 31.9 Å². The Labute approximate surface area is 135 Å². The van der Waals surface area contributed by atoms with E-state index in [4.69, 9.17) is 9.15 Å². The number of allylic oxidation sites excluding steroid dienone is 1. The van der Waals surface area contributed by atoms with Crippen LogP contribution in [0.25, 0.3) is 6.08 Å². The summed E-state index contributed by atoms with van der Waals surface area (Å²) in [6, 6.07) is 6.94. The number of furan rings is 1. The van der Waals surface area contributed by atoms with Gasteiger partial charge in [-0.3, -0.25) is 4.79 Å². The van der Waals surface area contributed by atoms with Crippen molar-refractivity contribution >= 4 is 17.8 Å². The zero-order valence-corrected chi connectivity index (χ0v) is 12.6. The van der Waals surface area contributed by atoms with Crippen LogP contribution in [0.2, 0.25) is 0 Å². The number of esters is 1. The van der Waals surface area contributed by atoms with Crippen LogP contribution >= 0.6 is 0 Å². The van der Waals surface area contributed by atoms with E-state index in [0.717, 1.165) is 24.3 Å². The lowest BCUT2D eigenvalue weighted by Gasteiger charge is -2.06. The maximum absolute atomic E-state index is 12.6. The summed E-state index contributed by atoms with van der Waals surface area (Å²) in [5, 5.41) is 0. The molecule has 0 saturated carbocycles. The summed E-state index contributed by atoms with van der Waals surface area (Å²) in [4.78, 5) is 23.4. The molecule has 1 heterocycles.